The van der Waals surface area contributed by atoms with Crippen molar-refractivity contribution in [3.05, 3.63) is 185 Å². The van der Waals surface area contributed by atoms with Gasteiger partial charge in [-0.3, -0.25) is 38.4 Å². The summed E-state index contributed by atoms with van der Waals surface area (Å²) in [5, 5.41) is 124. The van der Waals surface area contributed by atoms with Crippen molar-refractivity contribution >= 4 is 99.3 Å². The molecule has 8 amide bonds. The van der Waals surface area contributed by atoms with Gasteiger partial charge in [-0.2, -0.15) is 0 Å². The molecular formula is C83H92Cl4N14O23. The lowest BCUT2D eigenvalue weighted by molar-refractivity contribution is -0.329. The number of unbranched alkanes of at least 4 members (excludes halogenated alkanes) is 1. The molecule has 124 heavy (non-hydrogen) atoms. The van der Waals surface area contributed by atoms with Gasteiger partial charge < -0.3 is 133 Å². The number of hydrogen-bond donors (Lipinski definition) is 19. The van der Waals surface area contributed by atoms with E-state index in [4.69, 9.17) is 91.0 Å². The number of nitrogens with one attached hydrogen (secondary N) is 9. The van der Waals surface area contributed by atoms with Crippen LogP contribution in [-0.2, 0) is 59.2 Å². The number of aliphatic hydroxyl groups is 5. The van der Waals surface area contributed by atoms with Gasteiger partial charge in [-0.15, -0.1) is 0 Å². The topological polar surface area (TPSA) is 572 Å². The predicted molar refractivity (Wildman–Crippen MR) is 447 cm³/mol. The molecular weight excluding hydrogens is 1700 g/mol. The van der Waals surface area contributed by atoms with Gasteiger partial charge in [0, 0.05) is 46.8 Å². The summed E-state index contributed by atoms with van der Waals surface area (Å²) < 4.78 is 46.1. The molecule has 18 atom stereocenters. The Morgan fingerprint density at radius 3 is 2.02 bits per heavy atom. The number of halogens is 4. The first-order valence-electron chi connectivity index (χ1n) is 39.3. The van der Waals surface area contributed by atoms with Crippen LogP contribution in [0.2, 0.25) is 20.1 Å². The van der Waals surface area contributed by atoms with Crippen LogP contribution in [0.1, 0.15) is 124 Å². The lowest BCUT2D eigenvalue weighted by Gasteiger charge is -2.48. The summed E-state index contributed by atoms with van der Waals surface area (Å²) >= 11 is 26.9. The molecule has 7 aromatic carbocycles. The Labute approximate surface area is 728 Å². The summed E-state index contributed by atoms with van der Waals surface area (Å²) in [4.78, 5) is 123. The highest BCUT2D eigenvalue weighted by molar-refractivity contribution is 6.42. The van der Waals surface area contributed by atoms with Gasteiger partial charge in [0.2, 0.25) is 59.3 Å². The van der Waals surface area contributed by atoms with Gasteiger partial charge in [0.05, 0.1) is 56.8 Å². The van der Waals surface area contributed by atoms with Crippen molar-refractivity contribution in [3.63, 3.8) is 0 Å². The number of nitrogens with zero attached hydrogens (tertiary/aromatic N) is 3. The molecule has 0 radical (unpaired) electrons. The lowest BCUT2D eigenvalue weighted by atomic mass is 9.84. The second kappa shape index (κ2) is 39.7. The molecule has 14 rings (SSSR count). The molecule has 11 bridgehead atoms. The van der Waals surface area contributed by atoms with E-state index < -0.39 is 231 Å². The number of fused-ring (bicyclic) bond motifs is 15. The van der Waals surface area contributed by atoms with Crippen LogP contribution in [0.5, 0.6) is 51.7 Å². The van der Waals surface area contributed by atoms with Gasteiger partial charge in [-0.1, -0.05) is 95.7 Å². The first-order valence-corrected chi connectivity index (χ1v) is 40.8. The average Bonchev–Trinajstić information content (AvgIpc) is 0.763. The summed E-state index contributed by atoms with van der Waals surface area (Å²) in [5.41, 5.74) is 18.6. The molecule has 0 aliphatic carbocycles. The van der Waals surface area contributed by atoms with Crippen molar-refractivity contribution < 1.29 is 112 Å². The zero-order valence-corrected chi connectivity index (χ0v) is 70.0. The molecule has 7 aliphatic heterocycles. The Hall–Kier alpha value is -11.2. The number of azide groups is 1. The number of likely N-dealkylation sites (N-methyl/N-ethyl adjacent to an activating group) is 1. The highest BCUT2D eigenvalue weighted by Crippen LogP contribution is 2.50. The number of aliphatic hydroxyl groups excluding tert-OH is 5. The van der Waals surface area contributed by atoms with Crippen LogP contribution >= 0.6 is 46.4 Å². The van der Waals surface area contributed by atoms with Crippen LogP contribution in [0, 0.1) is 5.92 Å². The molecule has 0 spiro atoms. The number of carbonyl (C=O) groups is 8. The molecule has 660 valence electrons. The largest absolute Gasteiger partial charge is 0.508 e. The van der Waals surface area contributed by atoms with Crippen molar-refractivity contribution in [2.45, 2.75) is 176 Å². The molecule has 0 saturated carbocycles. The van der Waals surface area contributed by atoms with Gasteiger partial charge in [0.25, 0.3) is 0 Å². The predicted octanol–water partition coefficient (Wildman–Crippen LogP) is 6.23. The average molecular weight is 1800 g/mol. The molecule has 7 aromatic rings. The first kappa shape index (κ1) is 92.0. The number of aromatic hydroxyl groups is 3. The van der Waals surface area contributed by atoms with Gasteiger partial charge >= 0.3 is 0 Å². The van der Waals surface area contributed by atoms with E-state index in [9.17, 15) is 60.8 Å². The normalized spacial score (nSPS) is 26.0. The third kappa shape index (κ3) is 21.1. The van der Waals surface area contributed by atoms with Gasteiger partial charge in [0.15, 0.2) is 23.9 Å². The minimum atomic E-state index is -2.38. The Kier molecular flexibility index (Phi) is 29.5. The minimum Gasteiger partial charge on any atom is -0.508 e. The maximum Gasteiger partial charge on any atom is 0.248 e. The monoisotopic (exact) mass is 1790 g/mol. The number of primary amides is 1. The molecule has 2 saturated heterocycles. The number of hydrogen-bond acceptors (Lipinski definition) is 27. The number of phenolic OH excluding ortho intramolecular Hbond substituents is 3. The molecule has 7 aliphatic rings. The van der Waals surface area contributed by atoms with Crippen LogP contribution in [0.4, 0.5) is 5.69 Å². The Balaban J connectivity index is 1.05. The van der Waals surface area contributed by atoms with Gasteiger partial charge in [-0.25, -0.2) is 0 Å². The Morgan fingerprint density at radius 2 is 1.37 bits per heavy atom. The zero-order valence-electron chi connectivity index (χ0n) is 67.0. The second-order valence-electron chi connectivity index (χ2n) is 31.0. The number of amides is 8. The van der Waals surface area contributed by atoms with Crippen molar-refractivity contribution in [2.24, 2.45) is 22.5 Å². The van der Waals surface area contributed by atoms with Crippen LogP contribution in [-0.4, -0.2) is 194 Å². The fourth-order valence-corrected chi connectivity index (χ4v) is 15.9. The summed E-state index contributed by atoms with van der Waals surface area (Å²) in [5.74, 6) is -14.5. The molecule has 2 fully saturated rings. The summed E-state index contributed by atoms with van der Waals surface area (Å²) in [6, 6.07) is 11.9. The summed E-state index contributed by atoms with van der Waals surface area (Å²) in [6.07, 6.45) is -18.4. The van der Waals surface area contributed by atoms with Crippen LogP contribution in [0.3, 0.4) is 0 Å². The standard InChI is InChI=1S/C83H92Cl4N14O23/c1-35(2)21-51(91-5)75(111)98-66-68(106)39-13-17-55(49(86)24-39)120-57-26-41-27-58(72(57)124-82-73(71(109)70(108)59(122-82)33-93-101-90)123-61-32-83(4,74(110)36(3)119-61)100-42-9-8-10-44(28-42)118-34-37-11-15-47(84)48(85)22-37)121-56-18-14-40(25-50(56)87)69(107)67-81(117)97-65(77(113)92-20-7-6-19-88)46-29-43(102)30-54(104)62(46)45-23-38(12-16-53(45)103)63(78(114)99-67)96-79(115)64(41)95-76(112)52(31-60(89)105)94-80(66)116/h8-18,22-30,35-36,51-52,59,61,63-71,73-74,82,91,100,102-104,106-110H,6-7,19-21,31-34,88H2,1-5H3,(H2,89,105)(H,92,113)(H,94,116)(H,95,112)(H,96,115)(H,97,117)(H,98,111)(H,99,114)/t36?,51-,52+,59?,61?,63?,64-,65-,66-,67+,68-,69-,70?,71?,73?,74?,82?,83?/m1/s1. The number of rotatable bonds is 23. The number of carbonyl (C=O) groups excluding carboxylic acids is 8. The van der Waals surface area contributed by atoms with E-state index in [1.165, 1.54) is 32.2 Å². The minimum absolute atomic E-state index is 0.0356. The smallest absolute Gasteiger partial charge is 0.248 e. The molecule has 37 nitrogen and oxygen atoms in total. The second-order valence-corrected chi connectivity index (χ2v) is 32.6. The molecule has 10 unspecified atom stereocenters. The first-order chi connectivity index (χ1) is 59.0. The number of phenols is 3. The maximum atomic E-state index is 16.4. The van der Waals surface area contributed by atoms with Gasteiger partial charge in [-0.05, 0) is 170 Å². The molecule has 7 heterocycles. The summed E-state index contributed by atoms with van der Waals surface area (Å²) in [7, 11) is 1.48. The molecule has 41 heteroatoms. The van der Waals surface area contributed by atoms with E-state index in [0.29, 0.717) is 39.9 Å². The number of benzene rings is 7. The molecule has 21 N–H and O–H groups in total. The number of nitrogens with two attached hydrogens (primary N) is 2. The third-order valence-electron chi connectivity index (χ3n) is 21.5. The summed E-state index contributed by atoms with van der Waals surface area (Å²) in [6.45, 7) is 6.43. The third-order valence-corrected chi connectivity index (χ3v) is 22.8. The SMILES string of the molecule is CN[C@H](CC(C)C)C(=O)N[C@H]1C(=O)N[C@@H](CC(N)=O)C(=O)N[C@H]2C(=O)NC3C(=O)N[C@H](C(=O)N[C@@H](C(=O)NCCCCN)c4cc(O)cc(O)c4-c4cc3ccc4O)[C@H](O)c3ccc(c(Cl)c3)Oc3cc2cc(c3OC2OC(CN=[N+]=[N-])C(O)C(O)C2OC2CC(C)(Nc3cccc(OCc4ccc(Cl)c(Cl)c4)c3)C(O)C(C)O2)Oc2ccc(cc2Cl)[C@H]1O. The van der Waals surface area contributed by atoms with E-state index in [-0.39, 0.29) is 71.5 Å². The van der Waals surface area contributed by atoms with Crippen LogP contribution in [0.25, 0.3) is 21.6 Å². The van der Waals surface area contributed by atoms with Crippen LogP contribution in [0.15, 0.2) is 126 Å². The maximum absolute atomic E-state index is 16.4. The number of ether oxygens (including phenoxy) is 7. The highest BCUT2D eigenvalue weighted by Gasteiger charge is 2.53. The van der Waals surface area contributed by atoms with Crippen molar-refractivity contribution in [1.29, 1.82) is 0 Å². The van der Waals surface area contributed by atoms with Crippen molar-refractivity contribution in [3.8, 4) is 62.9 Å². The zero-order chi connectivity index (χ0) is 89.4. The quantitative estimate of drug-likeness (QED) is 0.0146. The van der Waals surface area contributed by atoms with E-state index in [1.54, 1.807) is 49.4 Å². The Morgan fingerprint density at radius 1 is 0.702 bits per heavy atom. The van der Waals surface area contributed by atoms with Crippen molar-refractivity contribution in [2.75, 3.05) is 32.0 Å². The van der Waals surface area contributed by atoms with Gasteiger partial charge in [0.1, 0.15) is 108 Å². The van der Waals surface area contributed by atoms with E-state index in [2.05, 4.69) is 57.9 Å². The van der Waals surface area contributed by atoms with Crippen LogP contribution < -0.4 is 78.3 Å². The van der Waals surface area contributed by atoms with E-state index in [1.807, 2.05) is 13.8 Å². The number of anilines is 1. The lowest BCUT2D eigenvalue weighted by Crippen LogP contribution is -2.64. The fraction of sp³-hybridized carbons (Fsp3) is 0.398. The van der Waals surface area contributed by atoms with E-state index in [0.717, 1.165) is 60.7 Å². The van der Waals surface area contributed by atoms with Crippen molar-refractivity contribution in [1.82, 2.24) is 42.5 Å². The Bertz CT molecular complexity index is 5270. The highest BCUT2D eigenvalue weighted by atomic mass is 35.5. The fourth-order valence-electron chi connectivity index (χ4n) is 15.1. The molecule has 0 aromatic heterocycles. The van der Waals surface area contributed by atoms with E-state index >= 15 is 24.0 Å².